The summed E-state index contributed by atoms with van der Waals surface area (Å²) in [5.74, 6) is 0.114. The Hall–Kier alpha value is -4.07. The molecule has 3 aliphatic heterocycles. The summed E-state index contributed by atoms with van der Waals surface area (Å²) < 4.78 is 6.27. The lowest BCUT2D eigenvalue weighted by Crippen LogP contribution is -2.58. The van der Waals surface area contributed by atoms with Gasteiger partial charge in [0.15, 0.2) is 0 Å². The van der Waals surface area contributed by atoms with E-state index in [4.69, 9.17) is 4.74 Å². The highest BCUT2D eigenvalue weighted by molar-refractivity contribution is 7.14. The molecule has 2 atom stereocenters. The fourth-order valence-electron chi connectivity index (χ4n) is 7.66. The van der Waals surface area contributed by atoms with Crippen molar-refractivity contribution >= 4 is 34.1 Å². The van der Waals surface area contributed by atoms with E-state index < -0.39 is 11.6 Å². The Morgan fingerprint density at radius 2 is 1.76 bits per heavy atom. The quantitative estimate of drug-likeness (QED) is 0.0859. The first-order valence-corrected chi connectivity index (χ1v) is 18.5. The molecule has 2 bridgehead atoms. The maximum Gasteiger partial charge on any atom is 0.327 e. The van der Waals surface area contributed by atoms with Crippen molar-refractivity contribution in [2.75, 3.05) is 39.3 Å². The van der Waals surface area contributed by atoms with E-state index in [2.05, 4.69) is 38.0 Å². The van der Waals surface area contributed by atoms with Crippen LogP contribution in [-0.2, 0) is 28.9 Å². The Balaban J connectivity index is 0.860. The molecule has 6 N–H and O–H groups in total. The van der Waals surface area contributed by atoms with E-state index in [1.54, 1.807) is 12.1 Å². The number of thiophene rings is 1. The highest BCUT2D eigenvalue weighted by atomic mass is 32.1. The molecular formula is C38H45N5O6S. The number of piperidine rings is 3. The zero-order valence-electron chi connectivity index (χ0n) is 28.1. The smallest absolute Gasteiger partial charge is 0.327 e. The van der Waals surface area contributed by atoms with Crippen molar-refractivity contribution in [1.29, 1.82) is 0 Å². The van der Waals surface area contributed by atoms with E-state index in [-0.39, 0.29) is 29.3 Å². The molecule has 2 aromatic carbocycles. The number of carbonyl (C=O) groups excluding carboxylic acids is 2. The van der Waals surface area contributed by atoms with Crippen LogP contribution in [0, 0.1) is 5.92 Å². The number of hydrogen-bond donors (Lipinski definition) is 6. The van der Waals surface area contributed by atoms with Gasteiger partial charge in [-0.1, -0.05) is 30.3 Å². The molecule has 2 unspecified atom stereocenters. The number of aromatic amines is 1. The minimum absolute atomic E-state index is 0.0421. The van der Waals surface area contributed by atoms with Gasteiger partial charge >= 0.3 is 5.97 Å². The molecule has 1 aliphatic carbocycles. The molecule has 2 aromatic heterocycles. The first kappa shape index (κ1) is 34.4. The molecule has 3 saturated heterocycles. The lowest BCUT2D eigenvalue weighted by Gasteiger charge is -2.45. The Labute approximate surface area is 295 Å². The first-order chi connectivity index (χ1) is 24.3. The number of hydrogen-bond acceptors (Lipinski definition) is 10. The minimum atomic E-state index is -0.829. The number of aromatic nitrogens is 1. The number of phenolic OH excluding ortho intramolecular Hbond substituents is 1. The summed E-state index contributed by atoms with van der Waals surface area (Å²) in [7, 11) is 0. The molecule has 4 aliphatic rings. The number of nitrogens with one attached hydrogen (secondary N) is 4. The number of pyridine rings is 1. The van der Waals surface area contributed by atoms with Crippen LogP contribution in [0.4, 0.5) is 0 Å². The van der Waals surface area contributed by atoms with Gasteiger partial charge in [-0.05, 0) is 92.2 Å². The minimum Gasteiger partial charge on any atom is -0.506 e. The number of aliphatic hydroxyl groups is 1. The van der Waals surface area contributed by atoms with E-state index in [9.17, 15) is 24.6 Å². The van der Waals surface area contributed by atoms with Gasteiger partial charge in [0.2, 0.25) is 5.56 Å². The van der Waals surface area contributed by atoms with Crippen LogP contribution in [0.25, 0.3) is 10.9 Å². The molecule has 3 fully saturated rings. The van der Waals surface area contributed by atoms with Gasteiger partial charge in [-0.2, -0.15) is 0 Å². The number of phenols is 1. The second-order valence-corrected chi connectivity index (χ2v) is 15.0. The van der Waals surface area contributed by atoms with Crippen molar-refractivity contribution in [2.45, 2.75) is 62.8 Å². The first-order valence-electron chi connectivity index (χ1n) is 17.6. The summed E-state index contributed by atoms with van der Waals surface area (Å²) in [6, 6.07) is 18.1. The molecule has 264 valence electrons. The van der Waals surface area contributed by atoms with Gasteiger partial charge in [-0.3, -0.25) is 24.6 Å². The van der Waals surface area contributed by atoms with Crippen LogP contribution in [0.2, 0.25) is 0 Å². The molecule has 0 saturated carbocycles. The number of carbonyl (C=O) groups is 2. The largest absolute Gasteiger partial charge is 0.506 e. The Kier molecular flexibility index (Phi) is 10.3. The zero-order chi connectivity index (χ0) is 34.7. The van der Waals surface area contributed by atoms with Gasteiger partial charge in [-0.15, -0.1) is 11.3 Å². The lowest BCUT2D eigenvalue weighted by atomic mass is 9.85. The second kappa shape index (κ2) is 15.0. The van der Waals surface area contributed by atoms with E-state index in [0.29, 0.717) is 66.3 Å². The summed E-state index contributed by atoms with van der Waals surface area (Å²) in [5, 5.41) is 31.2. The van der Waals surface area contributed by atoms with Crippen molar-refractivity contribution in [1.82, 2.24) is 25.8 Å². The van der Waals surface area contributed by atoms with Crippen molar-refractivity contribution in [2.24, 2.45) is 5.92 Å². The highest BCUT2D eigenvalue weighted by Gasteiger charge is 2.47. The number of esters is 1. The number of ether oxygens (including phenoxy) is 1. The molecule has 5 heterocycles. The Bertz CT molecular complexity index is 1870. The third kappa shape index (κ3) is 7.50. The predicted molar refractivity (Wildman–Crippen MR) is 192 cm³/mol. The summed E-state index contributed by atoms with van der Waals surface area (Å²) in [6.07, 6.45) is 4.06. The molecule has 50 heavy (non-hydrogen) atoms. The summed E-state index contributed by atoms with van der Waals surface area (Å²) >= 11 is 1.43. The lowest BCUT2D eigenvalue weighted by molar-refractivity contribution is -0.166. The maximum atomic E-state index is 13.9. The SMILES string of the molecule is O=C(NCCCCNCC(O)c1ccc(O)c2[nH]c(=O)ccc12)c1ccc(CNC2(C(=O)OC3CN4CCC3CC4)Cc3ccccc3C2)s1. The highest BCUT2D eigenvalue weighted by Crippen LogP contribution is 2.35. The van der Waals surface area contributed by atoms with Crippen molar-refractivity contribution in [3.8, 4) is 5.75 Å². The van der Waals surface area contributed by atoms with Gasteiger partial charge in [-0.25, -0.2) is 0 Å². The van der Waals surface area contributed by atoms with E-state index in [0.717, 1.165) is 50.2 Å². The van der Waals surface area contributed by atoms with Crippen LogP contribution in [0.3, 0.4) is 0 Å². The van der Waals surface area contributed by atoms with Crippen molar-refractivity contribution in [3.63, 3.8) is 0 Å². The summed E-state index contributed by atoms with van der Waals surface area (Å²) in [5.41, 5.74) is 2.12. The molecule has 12 heteroatoms. The third-order valence-corrected chi connectivity index (χ3v) is 11.6. The number of H-pyrrole nitrogens is 1. The molecule has 8 rings (SSSR count). The van der Waals surface area contributed by atoms with Gasteiger partial charge < -0.3 is 30.6 Å². The zero-order valence-corrected chi connectivity index (χ0v) is 28.9. The van der Waals surface area contributed by atoms with E-state index >= 15 is 0 Å². The van der Waals surface area contributed by atoms with Crippen LogP contribution >= 0.6 is 11.3 Å². The number of nitrogens with zero attached hydrogens (tertiary/aromatic N) is 1. The van der Waals surface area contributed by atoms with Gasteiger partial charge in [0.1, 0.15) is 17.4 Å². The standard InChI is InChI=1S/C38H45N5O6S/c44-30-10-8-28(29-9-12-34(46)42-35(29)30)31(45)22-39-15-3-4-16-40-36(47)33-11-7-27(50-33)21-41-38(19-25-5-1-2-6-26(25)20-38)37(48)49-32-23-43-17-13-24(32)14-18-43/h1-2,5-12,24,31-32,39,41,44-45H,3-4,13-23H2,(H,40,47)(H,42,46). The number of unbranched alkanes of at least 4 members (excludes halogenated alkanes) is 1. The summed E-state index contributed by atoms with van der Waals surface area (Å²) in [4.78, 5) is 45.1. The number of amides is 1. The number of benzene rings is 2. The topological polar surface area (TPSA) is 156 Å². The van der Waals surface area contributed by atoms with Crippen LogP contribution in [0.15, 0.2) is 65.5 Å². The molecular weight excluding hydrogens is 655 g/mol. The van der Waals surface area contributed by atoms with Gasteiger partial charge in [0, 0.05) is 55.4 Å². The molecule has 4 aromatic rings. The normalized spacial score (nSPS) is 21.2. The fourth-order valence-corrected chi connectivity index (χ4v) is 8.53. The van der Waals surface area contributed by atoms with E-state index in [1.165, 1.54) is 34.6 Å². The van der Waals surface area contributed by atoms with E-state index in [1.807, 2.05) is 24.3 Å². The number of aromatic hydroxyl groups is 1. The average Bonchev–Trinajstić information content (AvgIpc) is 3.77. The van der Waals surface area contributed by atoms with Gasteiger partial charge in [0.05, 0.1) is 16.5 Å². The van der Waals surface area contributed by atoms with Gasteiger partial charge in [0.25, 0.3) is 5.91 Å². The predicted octanol–water partition coefficient (Wildman–Crippen LogP) is 3.39. The molecule has 0 spiro atoms. The van der Waals surface area contributed by atoms with Crippen molar-refractivity contribution in [3.05, 3.63) is 97.5 Å². The number of aliphatic hydroxyl groups excluding tert-OH is 1. The van der Waals surface area contributed by atoms with Crippen LogP contribution < -0.4 is 21.5 Å². The molecule has 11 nitrogen and oxygen atoms in total. The van der Waals surface area contributed by atoms with Crippen LogP contribution in [0.5, 0.6) is 5.75 Å². The second-order valence-electron chi connectivity index (χ2n) is 13.9. The maximum absolute atomic E-state index is 13.9. The number of rotatable bonds is 14. The average molecular weight is 700 g/mol. The Morgan fingerprint density at radius 3 is 2.50 bits per heavy atom. The number of fused-ring (bicyclic) bond motifs is 5. The Morgan fingerprint density at radius 1 is 1.00 bits per heavy atom. The van der Waals surface area contributed by atoms with Crippen LogP contribution in [0.1, 0.15) is 63.0 Å². The monoisotopic (exact) mass is 699 g/mol. The van der Waals surface area contributed by atoms with Crippen LogP contribution in [-0.4, -0.2) is 82.9 Å². The fraction of sp³-hybridized carbons (Fsp3) is 0.447. The van der Waals surface area contributed by atoms with Crippen molar-refractivity contribution < 1.29 is 24.5 Å². The third-order valence-electron chi connectivity index (χ3n) is 10.5. The molecule has 1 amide bonds. The summed E-state index contributed by atoms with van der Waals surface area (Å²) in [6.45, 7) is 4.97. The molecule has 0 radical (unpaired) electrons.